The van der Waals surface area contributed by atoms with Crippen LogP contribution in [-0.4, -0.2) is 67.5 Å². The highest BCUT2D eigenvalue weighted by atomic mass is 16.5. The third kappa shape index (κ3) is 6.08. The number of carbonyl (C=O) groups is 1. The average molecular weight is 649 g/mol. The second-order valence-electron chi connectivity index (χ2n) is 15.0. The number of aromatic nitrogens is 2. The summed E-state index contributed by atoms with van der Waals surface area (Å²) in [4.78, 5) is 22.2. The Bertz CT molecular complexity index is 1790. The number of benzene rings is 2. The van der Waals surface area contributed by atoms with Gasteiger partial charge in [-0.3, -0.25) is 4.79 Å². The van der Waals surface area contributed by atoms with Gasteiger partial charge in [0.1, 0.15) is 22.9 Å². The number of nitrogens with zero attached hydrogens (tertiary/aromatic N) is 4. The number of methoxy groups -OCH3 is 1. The lowest BCUT2D eigenvalue weighted by Crippen LogP contribution is -2.47. The Kier molecular flexibility index (Phi) is 8.39. The Labute approximate surface area is 283 Å². The Hall–Kier alpha value is -3.91. The molecule has 0 N–H and O–H groups in total. The van der Waals surface area contributed by atoms with Crippen LogP contribution in [0.15, 0.2) is 53.1 Å². The Morgan fingerprint density at radius 3 is 2.56 bits per heavy atom. The van der Waals surface area contributed by atoms with Gasteiger partial charge in [0.2, 0.25) is 0 Å². The van der Waals surface area contributed by atoms with Crippen LogP contribution >= 0.6 is 0 Å². The zero-order valence-electron chi connectivity index (χ0n) is 28.7. The quantitative estimate of drug-likeness (QED) is 0.163. The molecule has 1 saturated heterocycles. The molecule has 4 fully saturated rings. The fourth-order valence-electron chi connectivity index (χ4n) is 8.26. The second-order valence-corrected chi connectivity index (χ2v) is 15.0. The maximum Gasteiger partial charge on any atom is 0.272 e. The van der Waals surface area contributed by atoms with Crippen molar-refractivity contribution < 1.29 is 18.8 Å². The minimum Gasteiger partial charge on any atom is -0.490 e. The van der Waals surface area contributed by atoms with E-state index in [4.69, 9.17) is 19.0 Å². The number of ether oxygens (including phenoxy) is 2. The van der Waals surface area contributed by atoms with E-state index in [-0.39, 0.29) is 12.0 Å². The highest BCUT2D eigenvalue weighted by molar-refractivity contribution is 5.97. The van der Waals surface area contributed by atoms with Crippen LogP contribution in [0.3, 0.4) is 0 Å². The van der Waals surface area contributed by atoms with Gasteiger partial charge < -0.3 is 23.8 Å². The van der Waals surface area contributed by atoms with Crippen LogP contribution in [0, 0.1) is 18.3 Å². The summed E-state index contributed by atoms with van der Waals surface area (Å²) < 4.78 is 17.7. The highest BCUT2D eigenvalue weighted by Gasteiger charge is 2.46. The zero-order chi connectivity index (χ0) is 32.8. The van der Waals surface area contributed by atoms with Crippen LogP contribution in [0.25, 0.3) is 22.2 Å². The topological polar surface area (TPSA) is 80.9 Å². The third-order valence-electron chi connectivity index (χ3n) is 11.6. The molecule has 0 bridgehead atoms. The van der Waals surface area contributed by atoms with Crippen molar-refractivity contribution in [2.75, 3.05) is 45.3 Å². The Morgan fingerprint density at radius 1 is 1.06 bits per heavy atom. The molecule has 1 spiro atoms. The third-order valence-corrected chi connectivity index (χ3v) is 11.6. The van der Waals surface area contributed by atoms with E-state index in [0.717, 1.165) is 60.5 Å². The van der Waals surface area contributed by atoms with Crippen molar-refractivity contribution in [3.05, 3.63) is 71.1 Å². The first-order valence-corrected chi connectivity index (χ1v) is 18.0. The standard InChI is InChI=1S/C40H48N4O4/c1-26-7-4-5-10-31(26)37-33(38(48-42-37)28-11-12-28)21-27-24-40(25-27)15-17-44(18-16-40)29-13-14-34-32(22-29)36(47-30-8-6-9-30)23-35(41-34)39(45)43(2)19-20-46-3/h4-5,7,10,13-14,22-23,27-28,30H,6,8-9,11-12,15-21,24-25H2,1-3H3. The number of rotatable bonds is 11. The van der Waals surface area contributed by atoms with Crippen LogP contribution < -0.4 is 9.64 Å². The van der Waals surface area contributed by atoms with E-state index in [2.05, 4.69) is 59.4 Å². The summed E-state index contributed by atoms with van der Waals surface area (Å²) in [5.74, 6) is 3.07. The monoisotopic (exact) mass is 648 g/mol. The first-order valence-electron chi connectivity index (χ1n) is 18.0. The van der Waals surface area contributed by atoms with Crippen molar-refractivity contribution in [1.82, 2.24) is 15.0 Å². The first-order chi connectivity index (χ1) is 23.4. The molecule has 8 rings (SSSR count). The molecule has 252 valence electrons. The van der Waals surface area contributed by atoms with Gasteiger partial charge in [0, 0.05) is 68.0 Å². The van der Waals surface area contributed by atoms with Crippen LogP contribution in [0.2, 0.25) is 0 Å². The molecule has 0 unspecified atom stereocenters. The molecule has 0 radical (unpaired) electrons. The molecule has 4 aromatic rings. The Morgan fingerprint density at radius 2 is 1.85 bits per heavy atom. The number of fused-ring (bicyclic) bond motifs is 1. The molecule has 1 aliphatic heterocycles. The van der Waals surface area contributed by atoms with Gasteiger partial charge in [-0.05, 0) is 106 Å². The second kappa shape index (κ2) is 12.8. The van der Waals surface area contributed by atoms with E-state index >= 15 is 0 Å². The number of likely N-dealkylation sites (N-methyl/N-ethyl adjacent to an activating group) is 1. The molecular formula is C40H48N4O4. The lowest BCUT2D eigenvalue weighted by molar-refractivity contribution is 0.0282. The predicted octanol–water partition coefficient (Wildman–Crippen LogP) is 7.96. The van der Waals surface area contributed by atoms with Crippen molar-refractivity contribution in [2.24, 2.45) is 11.3 Å². The molecule has 3 aliphatic carbocycles. The van der Waals surface area contributed by atoms with Gasteiger partial charge in [0.05, 0.1) is 18.2 Å². The molecule has 2 aromatic heterocycles. The van der Waals surface area contributed by atoms with Crippen LogP contribution in [0.1, 0.15) is 91.1 Å². The number of piperidine rings is 1. The molecule has 0 atom stereocenters. The number of hydrogen-bond acceptors (Lipinski definition) is 7. The molecule has 4 aliphatic rings. The normalized spacial score (nSPS) is 19.4. The fraction of sp³-hybridized carbons (Fsp3) is 0.525. The minimum absolute atomic E-state index is 0.115. The molecule has 3 heterocycles. The van der Waals surface area contributed by atoms with Gasteiger partial charge in [0.25, 0.3) is 5.91 Å². The molecule has 8 nitrogen and oxygen atoms in total. The number of hydrogen-bond donors (Lipinski definition) is 0. The van der Waals surface area contributed by atoms with Gasteiger partial charge in [-0.1, -0.05) is 29.4 Å². The van der Waals surface area contributed by atoms with Crippen molar-refractivity contribution in [2.45, 2.75) is 83.2 Å². The Balaban J connectivity index is 0.951. The maximum atomic E-state index is 13.2. The summed E-state index contributed by atoms with van der Waals surface area (Å²) >= 11 is 0. The maximum absolute atomic E-state index is 13.2. The highest BCUT2D eigenvalue weighted by Crippen LogP contribution is 2.55. The molecular weight excluding hydrogens is 600 g/mol. The van der Waals surface area contributed by atoms with Gasteiger partial charge in [-0.25, -0.2) is 4.98 Å². The summed E-state index contributed by atoms with van der Waals surface area (Å²) in [7, 11) is 3.44. The number of amides is 1. The lowest BCUT2D eigenvalue weighted by atomic mass is 9.56. The van der Waals surface area contributed by atoms with Crippen molar-refractivity contribution >= 4 is 22.5 Å². The van der Waals surface area contributed by atoms with Crippen molar-refractivity contribution in [1.29, 1.82) is 0 Å². The van der Waals surface area contributed by atoms with E-state index in [1.54, 1.807) is 19.1 Å². The van der Waals surface area contributed by atoms with E-state index in [1.807, 2.05) is 6.07 Å². The minimum atomic E-state index is -0.115. The van der Waals surface area contributed by atoms with Gasteiger partial charge in [-0.2, -0.15) is 0 Å². The zero-order valence-corrected chi connectivity index (χ0v) is 28.7. The van der Waals surface area contributed by atoms with E-state index in [0.29, 0.717) is 36.1 Å². The number of carbonyl (C=O) groups excluding carboxylic acids is 1. The number of pyridine rings is 1. The molecule has 48 heavy (non-hydrogen) atoms. The number of aryl methyl sites for hydroxylation is 1. The van der Waals surface area contributed by atoms with Crippen molar-refractivity contribution in [3.8, 4) is 17.0 Å². The molecule has 2 aromatic carbocycles. The van der Waals surface area contributed by atoms with E-state index < -0.39 is 0 Å². The fourth-order valence-corrected chi connectivity index (χ4v) is 8.26. The van der Waals surface area contributed by atoms with Gasteiger partial charge in [-0.15, -0.1) is 0 Å². The smallest absolute Gasteiger partial charge is 0.272 e. The molecule has 3 saturated carbocycles. The summed E-state index contributed by atoms with van der Waals surface area (Å²) in [6.45, 7) is 5.29. The van der Waals surface area contributed by atoms with Crippen LogP contribution in [0.5, 0.6) is 5.75 Å². The van der Waals surface area contributed by atoms with Crippen molar-refractivity contribution in [3.63, 3.8) is 0 Å². The summed E-state index contributed by atoms with van der Waals surface area (Å²) in [6, 6.07) is 16.9. The molecule has 8 heteroatoms. The van der Waals surface area contributed by atoms with E-state index in [1.165, 1.54) is 67.3 Å². The predicted molar refractivity (Wildman–Crippen MR) is 188 cm³/mol. The summed E-state index contributed by atoms with van der Waals surface area (Å²) in [6.07, 6.45) is 12.1. The van der Waals surface area contributed by atoms with Crippen LogP contribution in [0.4, 0.5) is 5.69 Å². The first kappa shape index (κ1) is 31.4. The molecule has 1 amide bonds. The summed E-state index contributed by atoms with van der Waals surface area (Å²) in [5.41, 5.74) is 7.82. The van der Waals surface area contributed by atoms with Gasteiger partial charge >= 0.3 is 0 Å². The lowest BCUT2D eigenvalue weighted by Gasteiger charge is -2.53. The SMILES string of the molecule is COCCN(C)C(=O)c1cc(OC2CCC2)c2cc(N3CCC4(CC3)CC(Cc3c(-c5ccccc5C)noc3C3CC3)C4)ccc2n1. The van der Waals surface area contributed by atoms with Crippen LogP contribution in [-0.2, 0) is 11.2 Å². The van der Waals surface area contributed by atoms with Gasteiger partial charge in [0.15, 0.2) is 0 Å². The van der Waals surface area contributed by atoms with E-state index in [9.17, 15) is 4.79 Å². The largest absolute Gasteiger partial charge is 0.490 e. The average Bonchev–Trinajstić information content (AvgIpc) is 3.84. The summed E-state index contributed by atoms with van der Waals surface area (Å²) in [5, 5.41) is 5.62. The number of anilines is 1.